The zero-order valence-electron chi connectivity index (χ0n) is 14.2. The summed E-state index contributed by atoms with van der Waals surface area (Å²) in [7, 11) is 0. The molecule has 128 valence electrons. The van der Waals surface area contributed by atoms with Gasteiger partial charge in [-0.05, 0) is 43.2 Å². The lowest BCUT2D eigenvalue weighted by atomic mass is 10.00. The minimum absolute atomic E-state index is 0.162. The molecule has 25 heavy (non-hydrogen) atoms. The average molecular weight is 334 g/mol. The molecule has 1 aliphatic carbocycles. The number of hydrogen-bond donors (Lipinski definition) is 0. The molecule has 4 heteroatoms. The molecule has 0 radical (unpaired) electrons. The van der Waals surface area contributed by atoms with E-state index in [4.69, 9.17) is 4.74 Å². The van der Waals surface area contributed by atoms with E-state index >= 15 is 0 Å². The lowest BCUT2D eigenvalue weighted by molar-refractivity contribution is 0.0918. The smallest absolute Gasteiger partial charge is 0.184 e. The van der Waals surface area contributed by atoms with Crippen molar-refractivity contribution >= 4 is 16.8 Å². The predicted molar refractivity (Wildman–Crippen MR) is 98.0 cm³/mol. The molecule has 0 bridgehead atoms. The first-order valence-electron chi connectivity index (χ1n) is 8.99. The molecule has 4 nitrogen and oxygen atoms in total. The highest BCUT2D eigenvalue weighted by molar-refractivity contribution is 5.97. The maximum absolute atomic E-state index is 12.6. The van der Waals surface area contributed by atoms with E-state index in [2.05, 4.69) is 9.55 Å². The van der Waals surface area contributed by atoms with Gasteiger partial charge in [0.25, 0.3) is 0 Å². The van der Waals surface area contributed by atoms with Gasteiger partial charge in [-0.3, -0.25) is 4.79 Å². The number of Topliss-reactive ketones (excluding diaryl/α,β-unsaturated/α-hetero) is 1. The molecule has 0 N–H and O–H groups in total. The molecule has 1 aliphatic rings. The molecule has 0 spiro atoms. The largest absolute Gasteiger partial charge is 0.492 e. The van der Waals surface area contributed by atoms with E-state index in [0.717, 1.165) is 42.5 Å². The fraction of sp³-hybridized carbons (Fsp3) is 0.333. The Morgan fingerprint density at radius 1 is 1.08 bits per heavy atom. The molecular weight excluding hydrogens is 312 g/mol. The summed E-state index contributed by atoms with van der Waals surface area (Å²) in [5, 5.41) is 1.06. The van der Waals surface area contributed by atoms with Crippen LogP contribution in [-0.2, 0) is 6.54 Å². The van der Waals surface area contributed by atoms with Crippen LogP contribution in [0.25, 0.3) is 11.0 Å². The van der Waals surface area contributed by atoms with Crippen LogP contribution in [0.15, 0.2) is 54.7 Å². The number of pyridine rings is 1. The molecule has 4 rings (SSSR count). The zero-order chi connectivity index (χ0) is 17.1. The number of ether oxygens (including phenoxy) is 1. The van der Waals surface area contributed by atoms with E-state index in [1.165, 1.54) is 0 Å². The number of para-hydroxylation sites is 1. The highest BCUT2D eigenvalue weighted by Gasteiger charge is 2.25. The third-order valence-electron chi connectivity index (χ3n) is 4.93. The van der Waals surface area contributed by atoms with E-state index in [1.807, 2.05) is 54.7 Å². The van der Waals surface area contributed by atoms with E-state index in [9.17, 15) is 4.79 Å². The van der Waals surface area contributed by atoms with Gasteiger partial charge >= 0.3 is 0 Å². The number of carbonyl (C=O) groups excluding carboxylic acids is 1. The van der Waals surface area contributed by atoms with Crippen molar-refractivity contribution in [2.75, 3.05) is 6.61 Å². The van der Waals surface area contributed by atoms with Crippen molar-refractivity contribution in [1.29, 1.82) is 0 Å². The van der Waals surface area contributed by atoms with Gasteiger partial charge in [-0.15, -0.1) is 0 Å². The number of hydrogen-bond acceptors (Lipinski definition) is 3. The summed E-state index contributed by atoms with van der Waals surface area (Å²) in [6, 6.07) is 15.7. The highest BCUT2D eigenvalue weighted by atomic mass is 16.5. The molecule has 0 aliphatic heterocycles. The molecule has 1 saturated carbocycles. The van der Waals surface area contributed by atoms with Crippen molar-refractivity contribution in [2.45, 2.75) is 32.2 Å². The summed E-state index contributed by atoms with van der Waals surface area (Å²) < 4.78 is 7.83. The van der Waals surface area contributed by atoms with Gasteiger partial charge in [0.2, 0.25) is 0 Å². The highest BCUT2D eigenvalue weighted by Crippen LogP contribution is 2.28. The number of nitrogens with zero attached hydrogens (tertiary/aromatic N) is 2. The Morgan fingerprint density at radius 2 is 1.88 bits per heavy atom. The number of fused-ring (bicyclic) bond motifs is 1. The number of rotatable bonds is 6. The minimum atomic E-state index is 0.162. The van der Waals surface area contributed by atoms with Gasteiger partial charge in [0.05, 0.1) is 6.54 Å². The molecule has 1 fully saturated rings. The maximum atomic E-state index is 12.6. The van der Waals surface area contributed by atoms with Crippen LogP contribution in [0.1, 0.15) is 36.2 Å². The third kappa shape index (κ3) is 3.43. The molecule has 0 amide bonds. The Balaban J connectivity index is 1.49. The SMILES string of the molecule is O=C(c1ccc2ccn(CCOc3ccccc3)c2n1)C1CCCC1. The van der Waals surface area contributed by atoms with Crippen molar-refractivity contribution in [3.63, 3.8) is 0 Å². The molecule has 0 atom stereocenters. The Morgan fingerprint density at radius 3 is 2.68 bits per heavy atom. The topological polar surface area (TPSA) is 44.1 Å². The normalized spacial score (nSPS) is 14.9. The fourth-order valence-electron chi connectivity index (χ4n) is 3.55. The van der Waals surface area contributed by atoms with Crippen LogP contribution in [0.2, 0.25) is 0 Å². The van der Waals surface area contributed by atoms with E-state index in [1.54, 1.807) is 0 Å². The summed E-state index contributed by atoms with van der Waals surface area (Å²) in [6.07, 6.45) is 6.34. The van der Waals surface area contributed by atoms with Crippen molar-refractivity contribution in [2.24, 2.45) is 5.92 Å². The standard InChI is InChI=1S/C21H22N2O2/c24-20(16-6-4-5-7-16)19-11-10-17-12-13-23(21(17)22-19)14-15-25-18-8-2-1-3-9-18/h1-3,8-13,16H,4-7,14-15H2. The maximum Gasteiger partial charge on any atom is 0.184 e. The van der Waals surface area contributed by atoms with Crippen LogP contribution in [0.5, 0.6) is 5.75 Å². The van der Waals surface area contributed by atoms with Gasteiger partial charge in [-0.1, -0.05) is 31.0 Å². The van der Waals surface area contributed by atoms with Gasteiger partial charge in [-0.25, -0.2) is 4.98 Å². The number of aromatic nitrogens is 2. The van der Waals surface area contributed by atoms with Crippen LogP contribution in [0, 0.1) is 5.92 Å². The van der Waals surface area contributed by atoms with Crippen molar-refractivity contribution < 1.29 is 9.53 Å². The van der Waals surface area contributed by atoms with Crippen molar-refractivity contribution in [1.82, 2.24) is 9.55 Å². The van der Waals surface area contributed by atoms with Gasteiger partial charge in [0, 0.05) is 17.5 Å². The first kappa shape index (κ1) is 15.9. The lowest BCUT2D eigenvalue weighted by Crippen LogP contribution is -2.14. The van der Waals surface area contributed by atoms with E-state index < -0.39 is 0 Å². The monoisotopic (exact) mass is 334 g/mol. The second-order valence-electron chi connectivity index (χ2n) is 6.63. The van der Waals surface area contributed by atoms with Crippen molar-refractivity contribution in [3.05, 3.63) is 60.4 Å². The van der Waals surface area contributed by atoms with Crippen LogP contribution >= 0.6 is 0 Å². The van der Waals surface area contributed by atoms with Gasteiger partial charge in [-0.2, -0.15) is 0 Å². The first-order chi connectivity index (χ1) is 12.3. The Hall–Kier alpha value is -2.62. The summed E-state index contributed by atoms with van der Waals surface area (Å²) in [6.45, 7) is 1.27. The molecule has 2 aromatic heterocycles. The van der Waals surface area contributed by atoms with Gasteiger partial charge < -0.3 is 9.30 Å². The molecule has 2 heterocycles. The summed E-state index contributed by atoms with van der Waals surface area (Å²) in [5.41, 5.74) is 1.46. The quantitative estimate of drug-likeness (QED) is 0.624. The molecule has 3 aromatic rings. The molecule has 0 unspecified atom stereocenters. The number of benzene rings is 1. The summed E-state index contributed by atoms with van der Waals surface area (Å²) in [5.74, 6) is 1.23. The average Bonchev–Trinajstić information content (AvgIpc) is 3.32. The second-order valence-corrected chi connectivity index (χ2v) is 6.63. The number of carbonyl (C=O) groups is 1. The minimum Gasteiger partial charge on any atom is -0.492 e. The predicted octanol–water partition coefficient (Wildman–Crippen LogP) is 4.49. The fourth-order valence-corrected chi connectivity index (χ4v) is 3.55. The van der Waals surface area contributed by atoms with Gasteiger partial charge in [0.1, 0.15) is 23.7 Å². The summed E-state index contributed by atoms with van der Waals surface area (Å²) in [4.78, 5) is 17.3. The van der Waals surface area contributed by atoms with Crippen LogP contribution in [0.4, 0.5) is 0 Å². The zero-order valence-corrected chi connectivity index (χ0v) is 14.2. The first-order valence-corrected chi connectivity index (χ1v) is 8.99. The van der Waals surface area contributed by atoms with Crippen LogP contribution in [-0.4, -0.2) is 21.9 Å². The van der Waals surface area contributed by atoms with E-state index in [0.29, 0.717) is 18.8 Å². The molecule has 1 aromatic carbocycles. The summed E-state index contributed by atoms with van der Waals surface area (Å²) >= 11 is 0. The van der Waals surface area contributed by atoms with Gasteiger partial charge in [0.15, 0.2) is 5.78 Å². The second kappa shape index (κ2) is 7.09. The Bertz CT molecular complexity index is 864. The van der Waals surface area contributed by atoms with Crippen LogP contribution in [0.3, 0.4) is 0 Å². The Kier molecular flexibility index (Phi) is 4.51. The Labute approximate surface area is 147 Å². The molecule has 0 saturated heterocycles. The molecular formula is C21H22N2O2. The number of ketones is 1. The lowest BCUT2D eigenvalue weighted by Gasteiger charge is -2.10. The van der Waals surface area contributed by atoms with E-state index in [-0.39, 0.29) is 11.7 Å². The third-order valence-corrected chi connectivity index (χ3v) is 4.93. The van der Waals surface area contributed by atoms with Crippen molar-refractivity contribution in [3.8, 4) is 5.75 Å². The van der Waals surface area contributed by atoms with Crippen LogP contribution < -0.4 is 4.74 Å².